The number of aliphatic carboxylic acids is 1. The van der Waals surface area contributed by atoms with Gasteiger partial charge in [0.25, 0.3) is 0 Å². The number of rotatable bonds is 42. The molecule has 0 fully saturated rings. The summed E-state index contributed by atoms with van der Waals surface area (Å²) >= 11 is 0. The summed E-state index contributed by atoms with van der Waals surface area (Å²) in [7, 11) is 5.42. The maximum atomic E-state index is 12.7. The molecule has 2 unspecified atom stereocenters. The van der Waals surface area contributed by atoms with Gasteiger partial charge in [0.1, 0.15) is 12.6 Å². The Morgan fingerprint density at radius 3 is 1.33 bits per heavy atom. The van der Waals surface area contributed by atoms with Gasteiger partial charge >= 0.3 is 11.9 Å². The van der Waals surface area contributed by atoms with Gasteiger partial charge in [-0.25, -0.2) is 0 Å². The molecule has 0 aromatic rings. The van der Waals surface area contributed by atoms with Crippen LogP contribution in [0.2, 0.25) is 0 Å². The summed E-state index contributed by atoms with van der Waals surface area (Å²) in [6.07, 6.45) is 40.8. The van der Waals surface area contributed by atoms with Crippen molar-refractivity contribution in [3.63, 3.8) is 0 Å². The molecule has 0 heterocycles. The number of quaternary nitrogens is 1. The SMILES string of the molecule is CCCCCC/C=C/CCCCCCCCCC(=O)OC(COCCC(C(=O)[O-])[N+](C)(C)C)COC(=O)CCCCCCCCCCCCCCCCCC. The second-order valence-electron chi connectivity index (χ2n) is 17.0. The van der Waals surface area contributed by atoms with Crippen molar-refractivity contribution in [2.75, 3.05) is 41.0 Å². The van der Waals surface area contributed by atoms with Crippen molar-refractivity contribution in [1.82, 2.24) is 0 Å². The fourth-order valence-corrected chi connectivity index (χ4v) is 7.01. The fraction of sp³-hybridized carbons (Fsp3) is 0.894. The van der Waals surface area contributed by atoms with Gasteiger partial charge in [-0.3, -0.25) is 9.59 Å². The maximum absolute atomic E-state index is 12.7. The van der Waals surface area contributed by atoms with Crippen LogP contribution in [0.25, 0.3) is 0 Å². The van der Waals surface area contributed by atoms with Gasteiger partial charge in [0.2, 0.25) is 0 Å². The van der Waals surface area contributed by atoms with E-state index in [1.165, 1.54) is 148 Å². The van der Waals surface area contributed by atoms with Crippen LogP contribution in [0.3, 0.4) is 0 Å². The Hall–Kier alpha value is -1.93. The molecule has 0 bridgehead atoms. The van der Waals surface area contributed by atoms with Crippen LogP contribution in [0.5, 0.6) is 0 Å². The molecule has 0 aliphatic carbocycles. The van der Waals surface area contributed by atoms with E-state index in [4.69, 9.17) is 14.2 Å². The highest BCUT2D eigenvalue weighted by atomic mass is 16.6. The van der Waals surface area contributed by atoms with Gasteiger partial charge in [0.15, 0.2) is 6.10 Å². The minimum absolute atomic E-state index is 0.0447. The Morgan fingerprint density at radius 1 is 0.527 bits per heavy atom. The first kappa shape index (κ1) is 53.1. The number of carboxylic acid groups (broad SMARTS) is 1. The summed E-state index contributed by atoms with van der Waals surface area (Å²) in [6, 6.07) is -0.722. The first-order chi connectivity index (χ1) is 26.6. The Balaban J connectivity index is 4.29. The number of ether oxygens (including phenoxy) is 3. The summed E-state index contributed by atoms with van der Waals surface area (Å²) in [6.45, 7) is 4.67. The van der Waals surface area contributed by atoms with Crippen LogP contribution in [-0.2, 0) is 28.6 Å². The topological polar surface area (TPSA) is 102 Å². The third-order valence-corrected chi connectivity index (χ3v) is 10.7. The van der Waals surface area contributed by atoms with Crippen LogP contribution < -0.4 is 5.11 Å². The molecule has 324 valence electrons. The third-order valence-electron chi connectivity index (χ3n) is 10.7. The predicted molar refractivity (Wildman–Crippen MR) is 227 cm³/mol. The number of likely N-dealkylation sites (N-methyl/N-ethyl adjacent to an activating group) is 1. The zero-order valence-corrected chi connectivity index (χ0v) is 36.9. The van der Waals surface area contributed by atoms with E-state index in [1.807, 2.05) is 0 Å². The monoisotopic (exact) mass is 780 g/mol. The first-order valence-electron chi connectivity index (χ1n) is 23.2. The molecule has 0 aliphatic heterocycles. The second kappa shape index (κ2) is 38.9. The van der Waals surface area contributed by atoms with E-state index in [9.17, 15) is 19.5 Å². The number of hydrogen-bond acceptors (Lipinski definition) is 7. The van der Waals surface area contributed by atoms with E-state index in [2.05, 4.69) is 26.0 Å². The fourth-order valence-electron chi connectivity index (χ4n) is 7.01. The van der Waals surface area contributed by atoms with Gasteiger partial charge in [-0.15, -0.1) is 0 Å². The number of esters is 2. The molecular formula is C47H89NO7. The normalized spacial score (nSPS) is 13.0. The van der Waals surface area contributed by atoms with E-state index in [0.29, 0.717) is 12.8 Å². The first-order valence-corrected chi connectivity index (χ1v) is 23.2. The van der Waals surface area contributed by atoms with Crippen molar-refractivity contribution in [2.24, 2.45) is 0 Å². The number of allylic oxidation sites excluding steroid dienone is 2. The van der Waals surface area contributed by atoms with E-state index in [1.54, 1.807) is 21.1 Å². The highest BCUT2D eigenvalue weighted by Gasteiger charge is 2.25. The smallest absolute Gasteiger partial charge is 0.306 e. The molecule has 0 aromatic carbocycles. The lowest BCUT2D eigenvalue weighted by molar-refractivity contribution is -0.889. The molecule has 0 aliphatic rings. The zero-order valence-electron chi connectivity index (χ0n) is 36.9. The molecule has 55 heavy (non-hydrogen) atoms. The molecule has 0 rings (SSSR count). The maximum Gasteiger partial charge on any atom is 0.306 e. The quantitative estimate of drug-likeness (QED) is 0.0263. The average Bonchev–Trinajstić information content (AvgIpc) is 3.14. The molecular weight excluding hydrogens is 691 g/mol. The van der Waals surface area contributed by atoms with Crippen LogP contribution in [-0.4, -0.2) is 75.5 Å². The lowest BCUT2D eigenvalue weighted by Crippen LogP contribution is -2.55. The molecule has 2 atom stereocenters. The molecule has 0 N–H and O–H groups in total. The number of carbonyl (C=O) groups excluding carboxylic acids is 3. The number of nitrogens with zero attached hydrogens (tertiary/aromatic N) is 1. The van der Waals surface area contributed by atoms with Gasteiger partial charge < -0.3 is 28.6 Å². The van der Waals surface area contributed by atoms with Gasteiger partial charge in [-0.2, -0.15) is 0 Å². The molecule has 0 saturated carbocycles. The highest BCUT2D eigenvalue weighted by molar-refractivity contribution is 5.70. The number of unbranched alkanes of at least 4 members (excludes halogenated alkanes) is 26. The van der Waals surface area contributed by atoms with Crippen LogP contribution in [0.15, 0.2) is 12.2 Å². The molecule has 0 amide bonds. The molecule has 8 nitrogen and oxygen atoms in total. The molecule has 8 heteroatoms. The Morgan fingerprint density at radius 2 is 0.909 bits per heavy atom. The minimum Gasteiger partial charge on any atom is -0.544 e. The number of carbonyl (C=O) groups is 3. The highest BCUT2D eigenvalue weighted by Crippen LogP contribution is 2.16. The van der Waals surface area contributed by atoms with Gasteiger partial charge in [-0.1, -0.05) is 174 Å². The summed E-state index contributed by atoms with van der Waals surface area (Å²) in [5.74, 6) is -1.72. The van der Waals surface area contributed by atoms with E-state index >= 15 is 0 Å². The van der Waals surface area contributed by atoms with Crippen molar-refractivity contribution in [3.8, 4) is 0 Å². The van der Waals surface area contributed by atoms with Crippen LogP contribution in [0.4, 0.5) is 0 Å². The Labute approximate surface area is 339 Å². The van der Waals surface area contributed by atoms with E-state index < -0.39 is 18.1 Å². The summed E-state index contributed by atoms with van der Waals surface area (Å²) in [5, 5.41) is 11.6. The number of carboxylic acids is 1. The van der Waals surface area contributed by atoms with E-state index in [0.717, 1.165) is 38.5 Å². The zero-order chi connectivity index (χ0) is 40.7. The predicted octanol–water partition coefficient (Wildman–Crippen LogP) is 11.4. The van der Waals surface area contributed by atoms with Crippen LogP contribution >= 0.6 is 0 Å². The van der Waals surface area contributed by atoms with Gasteiger partial charge in [0.05, 0.1) is 40.3 Å². The Kier molecular flexibility index (Phi) is 37.6. The summed E-state index contributed by atoms with van der Waals surface area (Å²) < 4.78 is 17.2. The summed E-state index contributed by atoms with van der Waals surface area (Å²) in [4.78, 5) is 36.9. The van der Waals surface area contributed by atoms with Crippen molar-refractivity contribution in [1.29, 1.82) is 0 Å². The molecule has 0 radical (unpaired) electrons. The largest absolute Gasteiger partial charge is 0.544 e. The van der Waals surface area contributed by atoms with Crippen molar-refractivity contribution >= 4 is 17.9 Å². The van der Waals surface area contributed by atoms with Crippen LogP contribution in [0.1, 0.15) is 219 Å². The van der Waals surface area contributed by atoms with Crippen molar-refractivity contribution in [3.05, 3.63) is 12.2 Å². The standard InChI is InChI=1S/C47H89NO7/c1-6-8-10-12-14-16-18-20-22-24-25-27-29-31-33-35-37-45(49)54-42-43(41-53-40-39-44(47(51)52)48(3,4)5)55-46(50)38-36-34-32-30-28-26-23-21-19-17-15-13-11-9-7-2/h17,19,43-44H,6-16,18,20-42H2,1-5H3/b19-17+. The van der Waals surface area contributed by atoms with Crippen LogP contribution in [0, 0.1) is 0 Å². The second-order valence-corrected chi connectivity index (χ2v) is 17.0. The lowest BCUT2D eigenvalue weighted by Gasteiger charge is -2.34. The molecule has 0 saturated heterocycles. The van der Waals surface area contributed by atoms with Crippen molar-refractivity contribution < 1.29 is 38.2 Å². The minimum atomic E-state index is -1.12. The lowest BCUT2D eigenvalue weighted by atomic mass is 10.0. The van der Waals surface area contributed by atoms with Gasteiger partial charge in [-0.05, 0) is 38.5 Å². The van der Waals surface area contributed by atoms with Gasteiger partial charge in [0, 0.05) is 19.3 Å². The summed E-state index contributed by atoms with van der Waals surface area (Å²) in [5.41, 5.74) is 0. The Bertz CT molecular complexity index is 915. The molecule has 0 aromatic heterocycles. The molecule has 0 spiro atoms. The van der Waals surface area contributed by atoms with Crippen molar-refractivity contribution in [2.45, 2.75) is 231 Å². The number of hydrogen-bond donors (Lipinski definition) is 0. The van der Waals surface area contributed by atoms with E-state index in [-0.39, 0.29) is 42.7 Å². The third kappa shape index (κ3) is 37.4. The average molecular weight is 780 g/mol.